The van der Waals surface area contributed by atoms with Gasteiger partial charge in [0, 0.05) is 76.0 Å². The average Bonchev–Trinajstić information content (AvgIpc) is 3.99. The second-order valence-corrected chi connectivity index (χ2v) is 16.5. The van der Waals surface area contributed by atoms with Crippen molar-refractivity contribution in [2.45, 2.75) is 0 Å². The number of aromatic nitrogens is 4. The molecule has 7 heteroatoms. The van der Waals surface area contributed by atoms with E-state index in [0.717, 1.165) is 93.2 Å². The fourth-order valence-corrected chi connectivity index (χ4v) is 11.2. The van der Waals surface area contributed by atoms with Crippen LogP contribution in [-0.2, 0) is 0 Å². The second kappa shape index (κ2) is 12.6. The molecule has 0 atom stereocenters. The minimum Gasteiger partial charge on any atom is -0.318 e. The molecule has 0 bridgehead atoms. The van der Waals surface area contributed by atoms with Gasteiger partial charge in [0.25, 0.3) is 0 Å². The van der Waals surface area contributed by atoms with Crippen molar-refractivity contribution in [3.8, 4) is 39.7 Å². The van der Waals surface area contributed by atoms with Crippen molar-refractivity contribution in [3.63, 3.8) is 0 Å². The van der Waals surface area contributed by atoms with Crippen molar-refractivity contribution in [2.75, 3.05) is 0 Å². The molecule has 9 aromatic carbocycles. The number of nitriles is 1. The first-order chi connectivity index (χ1) is 30.2. The van der Waals surface area contributed by atoms with Gasteiger partial charge in [0.1, 0.15) is 6.07 Å². The minimum absolute atomic E-state index is 0.403. The van der Waals surface area contributed by atoms with Gasteiger partial charge in [-0.3, -0.25) is 9.97 Å². The smallest absolute Gasteiger partial charge is 0.220 e. The first-order valence-corrected chi connectivity index (χ1v) is 20.9. The van der Waals surface area contributed by atoms with Crippen LogP contribution < -0.4 is 0 Å². The maximum Gasteiger partial charge on any atom is 0.220 e. The van der Waals surface area contributed by atoms with Gasteiger partial charge in [0.05, 0.1) is 56.6 Å². The van der Waals surface area contributed by atoms with E-state index in [1.54, 1.807) is 23.7 Å². The molecule has 0 aliphatic heterocycles. The fraction of sp³-hybridized carbons (Fsp3) is 0. The zero-order chi connectivity index (χ0) is 40.3. The Morgan fingerprint density at radius 2 is 1.07 bits per heavy atom. The van der Waals surface area contributed by atoms with Crippen LogP contribution in [0.25, 0.3) is 124 Å². The summed E-state index contributed by atoms with van der Waals surface area (Å²) in [5.41, 5.74) is 10.9. The zero-order valence-corrected chi connectivity index (χ0v) is 33.1. The van der Waals surface area contributed by atoms with Crippen LogP contribution in [0.1, 0.15) is 5.56 Å². The maximum atomic E-state index is 11.8. The summed E-state index contributed by atoms with van der Waals surface area (Å²) < 4.78 is 6.98. The molecule has 61 heavy (non-hydrogen) atoms. The second-order valence-electron chi connectivity index (χ2n) is 15.4. The number of thiophene rings is 1. The van der Waals surface area contributed by atoms with Gasteiger partial charge < -0.3 is 9.13 Å². The molecule has 13 rings (SSSR count). The largest absolute Gasteiger partial charge is 0.318 e. The Balaban J connectivity index is 1.35. The molecule has 0 aliphatic rings. The standard InChI is InChI=1S/C54H28N6S/c1-56-51-44(31-14-4-2-5-15-31)38(30-55)53(60-39-22-10-8-18-33(39)34-26-27-43-48(52(34)60)35-19-9-11-25-42(35)61-43)45(32-16-6-3-7-17-32)54(51)59-40-23-12-20-36-46(40)47-37(21-13-24-41(47)59)50-49(36)57-28-29-58-50/h2-29H. The normalized spacial score (nSPS) is 11.9. The fourth-order valence-electron chi connectivity index (χ4n) is 10.1. The van der Waals surface area contributed by atoms with Gasteiger partial charge in [0.15, 0.2) is 0 Å². The highest BCUT2D eigenvalue weighted by Gasteiger charge is 2.33. The molecule has 0 saturated carbocycles. The molecular formula is C54H28N6S. The van der Waals surface area contributed by atoms with Crippen LogP contribution in [0.2, 0.25) is 0 Å². The van der Waals surface area contributed by atoms with Crippen LogP contribution in [0.4, 0.5) is 5.69 Å². The molecule has 13 aromatic rings. The van der Waals surface area contributed by atoms with E-state index in [-0.39, 0.29) is 0 Å². The molecular weight excluding hydrogens is 765 g/mol. The number of hydrogen-bond donors (Lipinski definition) is 0. The SMILES string of the molecule is [C-]#[N+]c1c(-c2ccccc2)c(C#N)c(-n2c3ccccc3c3ccc4sc5ccccc5c4c32)c(-c2ccccc2)c1-n1c2cccc3c4nccnc4c4cccc1c4c32. The number of para-hydroxylation sites is 1. The van der Waals surface area contributed by atoms with Crippen LogP contribution in [0.5, 0.6) is 0 Å². The molecule has 4 aromatic heterocycles. The van der Waals surface area contributed by atoms with Crippen molar-refractivity contribution in [1.82, 2.24) is 19.1 Å². The summed E-state index contributed by atoms with van der Waals surface area (Å²) >= 11 is 1.78. The third-order valence-electron chi connectivity index (χ3n) is 12.4. The van der Waals surface area contributed by atoms with Gasteiger partial charge in [-0.1, -0.05) is 127 Å². The van der Waals surface area contributed by atoms with Crippen LogP contribution in [0.3, 0.4) is 0 Å². The van der Waals surface area contributed by atoms with Gasteiger partial charge in [-0.15, -0.1) is 11.3 Å². The summed E-state index contributed by atoms with van der Waals surface area (Å²) in [5, 5.41) is 20.4. The zero-order valence-electron chi connectivity index (χ0n) is 32.3. The van der Waals surface area contributed by atoms with Crippen LogP contribution >= 0.6 is 11.3 Å². The predicted octanol–water partition coefficient (Wildman–Crippen LogP) is 14.5. The first kappa shape index (κ1) is 33.6. The van der Waals surface area contributed by atoms with Crippen LogP contribution in [-0.4, -0.2) is 19.1 Å². The summed E-state index contributed by atoms with van der Waals surface area (Å²) in [6.45, 7) is 9.19. The van der Waals surface area contributed by atoms with Crippen molar-refractivity contribution in [3.05, 3.63) is 187 Å². The summed E-state index contributed by atoms with van der Waals surface area (Å²) in [6, 6.07) is 57.3. The van der Waals surface area contributed by atoms with Gasteiger partial charge in [-0.25, -0.2) is 4.85 Å². The Morgan fingerprint density at radius 3 is 1.72 bits per heavy atom. The molecule has 4 heterocycles. The third-order valence-corrected chi connectivity index (χ3v) is 13.6. The van der Waals surface area contributed by atoms with E-state index in [2.05, 4.69) is 129 Å². The van der Waals surface area contributed by atoms with E-state index in [4.69, 9.17) is 9.97 Å². The van der Waals surface area contributed by atoms with Gasteiger partial charge >= 0.3 is 0 Å². The monoisotopic (exact) mass is 792 g/mol. The summed E-state index contributed by atoms with van der Waals surface area (Å²) in [4.78, 5) is 14.2. The lowest BCUT2D eigenvalue weighted by Gasteiger charge is -2.26. The summed E-state index contributed by atoms with van der Waals surface area (Å²) in [5.74, 6) is 0. The average molecular weight is 793 g/mol. The Kier molecular flexibility index (Phi) is 6.92. The highest BCUT2D eigenvalue weighted by molar-refractivity contribution is 7.26. The highest BCUT2D eigenvalue weighted by atomic mass is 32.1. The van der Waals surface area contributed by atoms with Gasteiger partial charge in [0.2, 0.25) is 5.69 Å². The molecule has 0 spiro atoms. The lowest BCUT2D eigenvalue weighted by atomic mass is 9.88. The van der Waals surface area contributed by atoms with Crippen molar-refractivity contribution in [1.29, 1.82) is 5.26 Å². The third kappa shape index (κ3) is 4.42. The molecule has 0 saturated heterocycles. The molecule has 0 aliphatic carbocycles. The lowest BCUT2D eigenvalue weighted by Crippen LogP contribution is -2.08. The molecule has 0 radical (unpaired) electrons. The highest BCUT2D eigenvalue weighted by Crippen LogP contribution is 2.54. The Hall–Kier alpha value is -8.36. The molecule has 0 amide bonds. The maximum absolute atomic E-state index is 11.8. The summed E-state index contributed by atoms with van der Waals surface area (Å²) in [7, 11) is 0. The number of hydrogen-bond acceptors (Lipinski definition) is 4. The number of rotatable bonds is 4. The molecule has 0 fully saturated rings. The number of fused-ring (bicyclic) bond motifs is 10. The van der Waals surface area contributed by atoms with Crippen LogP contribution in [0.15, 0.2) is 170 Å². The predicted molar refractivity (Wildman–Crippen MR) is 252 cm³/mol. The topological polar surface area (TPSA) is 63.8 Å². The lowest BCUT2D eigenvalue weighted by molar-refractivity contribution is 1.14. The van der Waals surface area contributed by atoms with E-state index in [1.165, 1.54) is 14.8 Å². The van der Waals surface area contributed by atoms with Gasteiger partial charge in [-0.05, 0) is 41.5 Å². The Morgan fingerprint density at radius 1 is 0.492 bits per heavy atom. The van der Waals surface area contributed by atoms with E-state index < -0.39 is 0 Å². The Bertz CT molecular complexity index is 3980. The van der Waals surface area contributed by atoms with E-state index in [1.807, 2.05) is 48.5 Å². The van der Waals surface area contributed by atoms with Crippen molar-refractivity contribution in [2.24, 2.45) is 0 Å². The quantitative estimate of drug-likeness (QED) is 0.132. The van der Waals surface area contributed by atoms with E-state index >= 15 is 0 Å². The molecule has 0 unspecified atom stereocenters. The van der Waals surface area contributed by atoms with Crippen molar-refractivity contribution < 1.29 is 0 Å². The molecule has 0 N–H and O–H groups in total. The first-order valence-electron chi connectivity index (χ1n) is 20.1. The Labute approximate surface area is 352 Å². The van der Waals surface area contributed by atoms with Crippen LogP contribution in [0, 0.1) is 17.9 Å². The summed E-state index contributed by atoms with van der Waals surface area (Å²) in [6.07, 6.45) is 3.51. The number of nitrogens with zero attached hydrogens (tertiary/aromatic N) is 6. The molecule has 6 nitrogen and oxygen atoms in total. The molecule has 280 valence electrons. The van der Waals surface area contributed by atoms with Gasteiger partial charge in [-0.2, -0.15) is 5.26 Å². The van der Waals surface area contributed by atoms with E-state index in [9.17, 15) is 11.8 Å². The number of benzene rings is 9. The van der Waals surface area contributed by atoms with E-state index in [0.29, 0.717) is 22.5 Å². The minimum atomic E-state index is 0.403. The van der Waals surface area contributed by atoms with Crippen molar-refractivity contribution >= 4 is 103 Å².